The highest BCUT2D eigenvalue weighted by Crippen LogP contribution is 2.27. The normalized spacial score (nSPS) is 23.6. The molecule has 0 heterocycles. The van der Waals surface area contributed by atoms with Crippen LogP contribution in [0.2, 0.25) is 0 Å². The number of carbonyl (C=O) groups excluding carboxylic acids is 1. The molecule has 0 bridgehead atoms. The predicted octanol–water partition coefficient (Wildman–Crippen LogP) is 4.22. The molecule has 1 aliphatic rings. The molecule has 2 rings (SSSR count). The maximum atomic E-state index is 11.7. The third-order valence-electron chi connectivity index (χ3n) is 4.20. The number of carbonyl (C=O) groups is 1. The van der Waals surface area contributed by atoms with Crippen molar-refractivity contribution >= 4 is 21.9 Å². The van der Waals surface area contributed by atoms with Gasteiger partial charge in [-0.05, 0) is 57.2 Å². The van der Waals surface area contributed by atoms with Crippen LogP contribution in [0.25, 0.3) is 0 Å². The van der Waals surface area contributed by atoms with Gasteiger partial charge in [-0.3, -0.25) is 4.79 Å². The van der Waals surface area contributed by atoms with Gasteiger partial charge in [0.1, 0.15) is 0 Å². The molecule has 21 heavy (non-hydrogen) atoms. The Balaban J connectivity index is 1.80. The zero-order valence-electron chi connectivity index (χ0n) is 12.8. The van der Waals surface area contributed by atoms with Crippen molar-refractivity contribution in [3.05, 3.63) is 34.3 Å². The van der Waals surface area contributed by atoms with E-state index in [1.165, 1.54) is 5.56 Å². The van der Waals surface area contributed by atoms with Crippen molar-refractivity contribution in [3.8, 4) is 0 Å². The van der Waals surface area contributed by atoms with E-state index in [9.17, 15) is 4.79 Å². The molecule has 3 nitrogen and oxygen atoms in total. The molecule has 0 radical (unpaired) electrons. The minimum atomic E-state index is -0.0168. The van der Waals surface area contributed by atoms with Crippen LogP contribution in [0.4, 0.5) is 0 Å². The quantitative estimate of drug-likeness (QED) is 0.805. The van der Waals surface area contributed by atoms with Gasteiger partial charge < -0.3 is 10.1 Å². The first-order valence-electron chi connectivity index (χ1n) is 7.78. The van der Waals surface area contributed by atoms with Crippen molar-refractivity contribution < 1.29 is 9.53 Å². The number of ether oxygens (including phenoxy) is 1. The van der Waals surface area contributed by atoms with E-state index in [4.69, 9.17) is 4.74 Å². The van der Waals surface area contributed by atoms with Gasteiger partial charge in [0, 0.05) is 16.6 Å². The molecule has 1 aliphatic carbocycles. The van der Waals surface area contributed by atoms with Crippen LogP contribution in [0.5, 0.6) is 0 Å². The largest absolute Gasteiger partial charge is 0.466 e. The first-order chi connectivity index (χ1) is 10.1. The first-order valence-corrected chi connectivity index (χ1v) is 8.57. The lowest BCUT2D eigenvalue weighted by molar-refractivity contribution is -0.149. The second kappa shape index (κ2) is 7.95. The van der Waals surface area contributed by atoms with E-state index >= 15 is 0 Å². The zero-order chi connectivity index (χ0) is 15.2. The van der Waals surface area contributed by atoms with Gasteiger partial charge >= 0.3 is 5.97 Å². The molecule has 1 fully saturated rings. The van der Waals surface area contributed by atoms with E-state index in [2.05, 4.69) is 52.4 Å². The molecule has 1 aromatic rings. The second-order valence-corrected chi connectivity index (χ2v) is 6.66. The van der Waals surface area contributed by atoms with Crippen LogP contribution in [0.15, 0.2) is 28.7 Å². The molecule has 0 saturated heterocycles. The Labute approximate surface area is 135 Å². The molecule has 0 amide bonds. The third kappa shape index (κ3) is 4.82. The summed E-state index contributed by atoms with van der Waals surface area (Å²) in [7, 11) is 0. The van der Waals surface area contributed by atoms with Crippen LogP contribution >= 0.6 is 15.9 Å². The van der Waals surface area contributed by atoms with Crippen molar-refractivity contribution in [1.82, 2.24) is 5.32 Å². The van der Waals surface area contributed by atoms with Crippen LogP contribution < -0.4 is 5.32 Å². The summed E-state index contributed by atoms with van der Waals surface area (Å²) in [6, 6.07) is 9.27. The van der Waals surface area contributed by atoms with Gasteiger partial charge in [0.15, 0.2) is 0 Å². The van der Waals surface area contributed by atoms with E-state index in [1.54, 1.807) is 0 Å². The molecular formula is C17H24BrNO2. The maximum Gasteiger partial charge on any atom is 0.308 e. The van der Waals surface area contributed by atoms with E-state index in [-0.39, 0.29) is 11.9 Å². The Kier molecular flexibility index (Phi) is 6.24. The Hall–Kier alpha value is -0.870. The average Bonchev–Trinajstić information content (AvgIpc) is 2.49. The SMILES string of the molecule is CCOC(=O)C1CCC(NC(C)c2ccc(Br)cc2)CC1. The molecule has 0 aromatic heterocycles. The van der Waals surface area contributed by atoms with E-state index in [0.717, 1.165) is 30.2 Å². The minimum absolute atomic E-state index is 0.0168. The second-order valence-electron chi connectivity index (χ2n) is 5.74. The Morgan fingerprint density at radius 2 is 1.90 bits per heavy atom. The Morgan fingerprint density at radius 3 is 2.48 bits per heavy atom. The smallest absolute Gasteiger partial charge is 0.308 e. The molecule has 1 saturated carbocycles. The molecule has 1 atom stereocenters. The fourth-order valence-electron chi connectivity index (χ4n) is 2.96. The molecule has 0 spiro atoms. The Morgan fingerprint density at radius 1 is 1.29 bits per heavy atom. The zero-order valence-corrected chi connectivity index (χ0v) is 14.4. The van der Waals surface area contributed by atoms with Crippen LogP contribution in [-0.4, -0.2) is 18.6 Å². The summed E-state index contributed by atoms with van der Waals surface area (Å²) in [5.41, 5.74) is 1.30. The lowest BCUT2D eigenvalue weighted by Gasteiger charge is -2.30. The minimum Gasteiger partial charge on any atom is -0.466 e. The van der Waals surface area contributed by atoms with Gasteiger partial charge in [-0.15, -0.1) is 0 Å². The summed E-state index contributed by atoms with van der Waals surface area (Å²) in [6.07, 6.45) is 3.96. The predicted molar refractivity (Wildman–Crippen MR) is 88.1 cm³/mol. The summed E-state index contributed by atoms with van der Waals surface area (Å²) in [5.74, 6) is 0.0860. The standard InChI is InChI=1S/C17H24BrNO2/c1-3-21-17(20)14-6-10-16(11-7-14)19-12(2)13-4-8-15(18)9-5-13/h4-5,8-9,12,14,16,19H,3,6-7,10-11H2,1-2H3. The molecule has 1 aromatic carbocycles. The lowest BCUT2D eigenvalue weighted by Crippen LogP contribution is -2.36. The van der Waals surface area contributed by atoms with Crippen LogP contribution in [0, 0.1) is 5.92 Å². The summed E-state index contributed by atoms with van der Waals surface area (Å²) in [6.45, 7) is 4.54. The van der Waals surface area contributed by atoms with Crippen molar-refractivity contribution in [1.29, 1.82) is 0 Å². The monoisotopic (exact) mass is 353 g/mol. The summed E-state index contributed by atoms with van der Waals surface area (Å²) < 4.78 is 6.22. The van der Waals surface area contributed by atoms with Gasteiger partial charge in [-0.2, -0.15) is 0 Å². The maximum absolute atomic E-state index is 11.7. The highest BCUT2D eigenvalue weighted by molar-refractivity contribution is 9.10. The van der Waals surface area contributed by atoms with Gasteiger partial charge in [-0.25, -0.2) is 0 Å². The third-order valence-corrected chi connectivity index (χ3v) is 4.73. The molecule has 0 aliphatic heterocycles. The fraction of sp³-hybridized carbons (Fsp3) is 0.588. The number of rotatable bonds is 5. The van der Waals surface area contributed by atoms with Gasteiger partial charge in [0.2, 0.25) is 0 Å². The van der Waals surface area contributed by atoms with Crippen LogP contribution in [0.1, 0.15) is 51.1 Å². The average molecular weight is 354 g/mol. The highest BCUT2D eigenvalue weighted by atomic mass is 79.9. The molecule has 1 N–H and O–H groups in total. The van der Waals surface area contributed by atoms with Crippen molar-refractivity contribution in [2.75, 3.05) is 6.61 Å². The highest BCUT2D eigenvalue weighted by Gasteiger charge is 2.27. The van der Waals surface area contributed by atoms with Crippen LogP contribution in [0.3, 0.4) is 0 Å². The molecule has 4 heteroatoms. The van der Waals surface area contributed by atoms with Crippen molar-refractivity contribution in [2.45, 2.75) is 51.6 Å². The first kappa shape index (κ1) is 16.5. The number of benzene rings is 1. The number of hydrogen-bond donors (Lipinski definition) is 1. The fourth-order valence-corrected chi connectivity index (χ4v) is 3.22. The van der Waals surface area contributed by atoms with E-state index < -0.39 is 0 Å². The molecule has 116 valence electrons. The number of hydrogen-bond acceptors (Lipinski definition) is 3. The lowest BCUT2D eigenvalue weighted by atomic mass is 9.85. The van der Waals surface area contributed by atoms with Crippen LogP contribution in [-0.2, 0) is 9.53 Å². The summed E-state index contributed by atoms with van der Waals surface area (Å²) in [4.78, 5) is 11.7. The summed E-state index contributed by atoms with van der Waals surface area (Å²) >= 11 is 3.46. The van der Waals surface area contributed by atoms with Gasteiger partial charge in [0.05, 0.1) is 12.5 Å². The molecular weight excluding hydrogens is 330 g/mol. The number of esters is 1. The Bertz CT molecular complexity index is 452. The summed E-state index contributed by atoms with van der Waals surface area (Å²) in [5, 5.41) is 3.68. The van der Waals surface area contributed by atoms with Crippen molar-refractivity contribution in [2.24, 2.45) is 5.92 Å². The topological polar surface area (TPSA) is 38.3 Å². The number of nitrogens with one attached hydrogen (secondary N) is 1. The van der Waals surface area contributed by atoms with E-state index in [1.807, 2.05) is 6.92 Å². The van der Waals surface area contributed by atoms with Gasteiger partial charge in [-0.1, -0.05) is 28.1 Å². The van der Waals surface area contributed by atoms with E-state index in [0.29, 0.717) is 18.7 Å². The van der Waals surface area contributed by atoms with Crippen molar-refractivity contribution in [3.63, 3.8) is 0 Å². The number of halogens is 1. The van der Waals surface area contributed by atoms with Gasteiger partial charge in [0.25, 0.3) is 0 Å². The molecule has 1 unspecified atom stereocenters.